The number of aryl methyl sites for hydroxylation is 3. The molecule has 0 bridgehead atoms. The Labute approximate surface area is 276 Å². The lowest BCUT2D eigenvalue weighted by molar-refractivity contribution is -0.778. The van der Waals surface area contributed by atoms with Gasteiger partial charge in [0.1, 0.15) is 0 Å². The Hall–Kier alpha value is -4.04. The predicted octanol–water partition coefficient (Wildman–Crippen LogP) is 10.1. The zero-order valence-electron chi connectivity index (χ0n) is 28.7. The second kappa shape index (κ2) is 12.0. The normalized spacial score (nSPS) is 17.6. The van der Waals surface area contributed by atoms with Gasteiger partial charge in [0.25, 0.3) is 0 Å². The van der Waals surface area contributed by atoms with Gasteiger partial charge in [-0.1, -0.05) is 89.6 Å². The number of benzene rings is 3. The monoisotopic (exact) mass is 606 g/mol. The molecule has 7 rings (SSSR count). The highest BCUT2D eigenvalue weighted by Crippen LogP contribution is 2.57. The molecule has 46 heavy (non-hydrogen) atoms. The van der Waals surface area contributed by atoms with E-state index in [9.17, 15) is 0 Å². The lowest BCUT2D eigenvalue weighted by Crippen LogP contribution is -2.65. The van der Waals surface area contributed by atoms with Crippen molar-refractivity contribution in [3.8, 4) is 11.3 Å². The van der Waals surface area contributed by atoms with Gasteiger partial charge in [-0.05, 0) is 71.9 Å². The first-order valence-electron chi connectivity index (χ1n) is 17.7. The highest BCUT2D eigenvalue weighted by atomic mass is 15.1. The molecule has 1 atom stereocenters. The van der Waals surface area contributed by atoms with Gasteiger partial charge < -0.3 is 0 Å². The molecule has 2 aliphatic rings. The molecule has 0 fully saturated rings. The molecule has 2 nitrogen and oxygen atoms in total. The first-order chi connectivity index (χ1) is 22.4. The van der Waals surface area contributed by atoms with Crippen LogP contribution in [0.25, 0.3) is 27.7 Å². The molecule has 0 saturated heterocycles. The third kappa shape index (κ3) is 4.67. The van der Waals surface area contributed by atoms with E-state index < -0.39 is 0 Å². The fraction of sp³-hybridized carbons (Fsp3) is 0.364. The zero-order chi connectivity index (χ0) is 32.1. The van der Waals surface area contributed by atoms with E-state index in [4.69, 9.17) is 0 Å². The van der Waals surface area contributed by atoms with E-state index in [2.05, 4.69) is 154 Å². The smallest absolute Gasteiger partial charge is 0.192 e. The molecule has 5 aromatic rings. The number of nitrogens with zero attached hydrogens (tertiary/aromatic N) is 2. The molecule has 1 aliphatic heterocycles. The molecular weight excluding hydrogens is 556 g/mol. The molecule has 0 amide bonds. The third-order valence-corrected chi connectivity index (χ3v) is 11.6. The maximum Gasteiger partial charge on any atom is 0.213 e. The Bertz CT molecular complexity index is 1950. The minimum absolute atomic E-state index is 0.00769. The number of allylic oxidation sites excluding steroid dienone is 1. The number of para-hydroxylation sites is 1. The van der Waals surface area contributed by atoms with Crippen LogP contribution in [-0.4, -0.2) is 0 Å². The fourth-order valence-electron chi connectivity index (χ4n) is 9.18. The topological polar surface area (TPSA) is 7.76 Å². The van der Waals surface area contributed by atoms with E-state index in [-0.39, 0.29) is 11.0 Å². The number of rotatable bonds is 9. The first-order valence-corrected chi connectivity index (χ1v) is 17.7. The molecule has 0 N–H and O–H groups in total. The minimum Gasteiger partial charge on any atom is -0.192 e. The van der Waals surface area contributed by atoms with Crippen molar-refractivity contribution in [2.24, 2.45) is 5.92 Å². The Morgan fingerprint density at radius 3 is 2.28 bits per heavy atom. The quantitative estimate of drug-likeness (QED) is 0.148. The molecule has 3 heterocycles. The third-order valence-electron chi connectivity index (χ3n) is 11.6. The van der Waals surface area contributed by atoms with Crippen LogP contribution < -0.4 is 9.13 Å². The predicted molar refractivity (Wildman–Crippen MR) is 192 cm³/mol. The summed E-state index contributed by atoms with van der Waals surface area (Å²) >= 11 is 0. The highest BCUT2D eigenvalue weighted by Gasteiger charge is 2.58. The summed E-state index contributed by atoms with van der Waals surface area (Å²) in [6.07, 6.45) is 9.30. The zero-order valence-corrected chi connectivity index (χ0v) is 28.7. The molecule has 2 heteroatoms. The summed E-state index contributed by atoms with van der Waals surface area (Å²) in [5, 5.41) is 1.30. The highest BCUT2D eigenvalue weighted by molar-refractivity contribution is 5.89. The van der Waals surface area contributed by atoms with E-state index in [0.29, 0.717) is 5.92 Å². The van der Waals surface area contributed by atoms with Crippen molar-refractivity contribution < 1.29 is 9.13 Å². The average Bonchev–Trinajstić information content (AvgIpc) is 3.32. The van der Waals surface area contributed by atoms with E-state index in [0.717, 1.165) is 32.2 Å². The van der Waals surface area contributed by atoms with Crippen LogP contribution in [0.2, 0.25) is 0 Å². The Morgan fingerprint density at radius 2 is 1.50 bits per heavy atom. The largest absolute Gasteiger partial charge is 0.213 e. The standard InChI is InChI=1S/C44H50N2/c1-7-10-18-32-23-25-35-37(30-32)43(5,6)42-36(44(8-2,9-3)46-28-16-15-22-40(46)41(35)42)27-29-45-38-21-14-12-19-33(38)24-26-39(45)34-20-13-11-17-31(34)4/h11-17,19-26,28,30,36H,7-10,18,27,29H2,1-6H3/q+2. The maximum absolute atomic E-state index is 2.68. The van der Waals surface area contributed by atoms with Crippen molar-refractivity contribution in [2.75, 3.05) is 0 Å². The van der Waals surface area contributed by atoms with Crippen LogP contribution in [0.1, 0.15) is 94.7 Å². The molecule has 0 spiro atoms. The summed E-state index contributed by atoms with van der Waals surface area (Å²) in [6.45, 7) is 15.4. The van der Waals surface area contributed by atoms with Crippen LogP contribution in [-0.2, 0) is 23.9 Å². The van der Waals surface area contributed by atoms with Gasteiger partial charge in [0, 0.05) is 59.9 Å². The van der Waals surface area contributed by atoms with E-state index in [1.165, 1.54) is 68.5 Å². The minimum atomic E-state index is -0.0382. The number of pyridine rings is 2. The number of aromatic nitrogens is 2. The molecule has 0 saturated carbocycles. The summed E-state index contributed by atoms with van der Waals surface area (Å²) in [4.78, 5) is 0. The van der Waals surface area contributed by atoms with Crippen LogP contribution in [0.5, 0.6) is 0 Å². The van der Waals surface area contributed by atoms with Gasteiger partial charge in [0.15, 0.2) is 18.3 Å². The number of hydrogen-bond acceptors (Lipinski definition) is 0. The summed E-state index contributed by atoms with van der Waals surface area (Å²) in [5.74, 6) is 0.398. The Balaban J connectivity index is 1.41. The molecule has 3 aromatic carbocycles. The van der Waals surface area contributed by atoms with Gasteiger partial charge in [0.2, 0.25) is 16.9 Å². The molecule has 2 aromatic heterocycles. The lowest BCUT2D eigenvalue weighted by Gasteiger charge is -2.43. The van der Waals surface area contributed by atoms with Crippen molar-refractivity contribution >= 4 is 16.5 Å². The van der Waals surface area contributed by atoms with Crippen LogP contribution in [0.4, 0.5) is 0 Å². The summed E-state index contributed by atoms with van der Waals surface area (Å²) < 4.78 is 5.31. The Kier molecular flexibility index (Phi) is 7.96. The van der Waals surface area contributed by atoms with Crippen molar-refractivity contribution in [2.45, 2.75) is 97.6 Å². The lowest BCUT2D eigenvalue weighted by atomic mass is 9.63. The molecule has 0 radical (unpaired) electrons. The van der Waals surface area contributed by atoms with Gasteiger partial charge in [-0.25, -0.2) is 0 Å². The molecule has 1 unspecified atom stereocenters. The van der Waals surface area contributed by atoms with Crippen LogP contribution in [0.15, 0.2) is 109 Å². The second-order valence-corrected chi connectivity index (χ2v) is 14.2. The van der Waals surface area contributed by atoms with Crippen molar-refractivity contribution in [3.05, 3.63) is 137 Å². The van der Waals surface area contributed by atoms with Gasteiger partial charge in [0.05, 0.1) is 11.5 Å². The molecule has 1 aliphatic carbocycles. The fourth-order valence-corrected chi connectivity index (χ4v) is 9.18. The van der Waals surface area contributed by atoms with Gasteiger partial charge >= 0.3 is 0 Å². The van der Waals surface area contributed by atoms with Crippen molar-refractivity contribution in [1.82, 2.24) is 0 Å². The molecule has 234 valence electrons. The van der Waals surface area contributed by atoms with Crippen molar-refractivity contribution in [1.29, 1.82) is 0 Å². The number of unbranched alkanes of at least 4 members (excludes halogenated alkanes) is 1. The van der Waals surface area contributed by atoms with E-state index >= 15 is 0 Å². The first kappa shape index (κ1) is 30.6. The number of hydrogen-bond donors (Lipinski definition) is 0. The van der Waals surface area contributed by atoms with E-state index in [1.807, 2.05) is 0 Å². The number of fused-ring (bicyclic) bond motifs is 5. The van der Waals surface area contributed by atoms with Crippen LogP contribution in [0, 0.1) is 12.8 Å². The SMILES string of the molecule is CCCCc1ccc2c(c1)C(C)(C)C1=C2c2cccc[n+]2C(CC)(CC)C1CC[n+]1c(-c2ccccc2C)ccc2ccccc21. The van der Waals surface area contributed by atoms with Gasteiger partial charge in [-0.3, -0.25) is 0 Å². The van der Waals surface area contributed by atoms with Crippen molar-refractivity contribution in [3.63, 3.8) is 0 Å². The molecular formula is C44H50N2+2. The second-order valence-electron chi connectivity index (χ2n) is 14.2. The van der Waals surface area contributed by atoms with Gasteiger partial charge in [-0.15, -0.1) is 0 Å². The summed E-state index contributed by atoms with van der Waals surface area (Å²) in [6, 6.07) is 36.8. The van der Waals surface area contributed by atoms with E-state index in [1.54, 1.807) is 5.57 Å². The van der Waals surface area contributed by atoms with Crippen LogP contribution in [0.3, 0.4) is 0 Å². The summed E-state index contributed by atoms with van der Waals surface area (Å²) in [5.41, 5.74) is 14.2. The Morgan fingerprint density at radius 1 is 0.739 bits per heavy atom. The van der Waals surface area contributed by atoms with Crippen LogP contribution >= 0.6 is 0 Å². The van der Waals surface area contributed by atoms with Gasteiger partial charge in [-0.2, -0.15) is 9.13 Å². The average molecular weight is 607 g/mol. The maximum atomic E-state index is 2.68. The summed E-state index contributed by atoms with van der Waals surface area (Å²) in [7, 11) is 0.